The first-order valence-electron chi connectivity index (χ1n) is 6.65. The maximum absolute atomic E-state index is 12.1. The van der Waals surface area contributed by atoms with E-state index in [1.54, 1.807) is 38.1 Å². The van der Waals surface area contributed by atoms with Gasteiger partial charge in [-0.2, -0.15) is 0 Å². The Morgan fingerprint density at radius 3 is 1.86 bits per heavy atom. The SMILES string of the molecule is CC(=O)Nc1ccc(NC(=O)C2C(C(=O)O)C2(C)C)cc1. The molecule has 6 nitrogen and oxygen atoms in total. The van der Waals surface area contributed by atoms with E-state index in [2.05, 4.69) is 10.6 Å². The molecular formula is C15H18N2O4. The van der Waals surface area contributed by atoms with Crippen LogP contribution < -0.4 is 10.6 Å². The summed E-state index contributed by atoms with van der Waals surface area (Å²) >= 11 is 0. The summed E-state index contributed by atoms with van der Waals surface area (Å²) in [6.45, 7) is 4.96. The van der Waals surface area contributed by atoms with Crippen molar-refractivity contribution in [2.45, 2.75) is 20.8 Å². The standard InChI is InChI=1S/C15H18N2O4/c1-8(18)16-9-4-6-10(7-5-9)17-13(19)11-12(14(20)21)15(11,2)3/h4-7,11-12H,1-3H3,(H,16,18)(H,17,19)(H,20,21). The van der Waals surface area contributed by atoms with Crippen LogP contribution in [0, 0.1) is 17.3 Å². The Morgan fingerprint density at radius 1 is 1.00 bits per heavy atom. The van der Waals surface area contributed by atoms with Gasteiger partial charge in [0, 0.05) is 18.3 Å². The van der Waals surface area contributed by atoms with E-state index in [9.17, 15) is 14.4 Å². The Balaban J connectivity index is 2.01. The van der Waals surface area contributed by atoms with Crippen LogP contribution in [-0.4, -0.2) is 22.9 Å². The molecule has 1 aliphatic rings. The third-order valence-corrected chi connectivity index (χ3v) is 3.85. The molecule has 1 saturated carbocycles. The molecule has 21 heavy (non-hydrogen) atoms. The Labute approximate surface area is 122 Å². The fourth-order valence-electron chi connectivity index (χ4n) is 2.65. The maximum atomic E-state index is 12.1. The first-order valence-corrected chi connectivity index (χ1v) is 6.65. The van der Waals surface area contributed by atoms with E-state index < -0.39 is 23.2 Å². The number of carboxylic acid groups (broad SMARTS) is 1. The van der Waals surface area contributed by atoms with Gasteiger partial charge in [-0.15, -0.1) is 0 Å². The topological polar surface area (TPSA) is 95.5 Å². The van der Waals surface area contributed by atoms with Crippen molar-refractivity contribution in [1.29, 1.82) is 0 Å². The molecule has 0 spiro atoms. The first-order chi connectivity index (χ1) is 9.73. The third-order valence-electron chi connectivity index (χ3n) is 3.85. The monoisotopic (exact) mass is 290 g/mol. The molecule has 2 rings (SSSR count). The predicted octanol–water partition coefficient (Wildman–Crippen LogP) is 1.94. The van der Waals surface area contributed by atoms with Crippen molar-refractivity contribution in [3.05, 3.63) is 24.3 Å². The Bertz CT molecular complexity index is 592. The lowest BCUT2D eigenvalue weighted by Gasteiger charge is -2.07. The zero-order valence-corrected chi connectivity index (χ0v) is 12.1. The van der Waals surface area contributed by atoms with E-state index in [1.165, 1.54) is 6.92 Å². The summed E-state index contributed by atoms with van der Waals surface area (Å²) in [7, 11) is 0. The molecule has 0 saturated heterocycles. The van der Waals surface area contributed by atoms with Crippen LogP contribution in [0.2, 0.25) is 0 Å². The minimum Gasteiger partial charge on any atom is -0.481 e. The predicted molar refractivity (Wildman–Crippen MR) is 77.8 cm³/mol. The molecule has 1 fully saturated rings. The van der Waals surface area contributed by atoms with Crippen molar-refractivity contribution < 1.29 is 19.5 Å². The highest BCUT2D eigenvalue weighted by Crippen LogP contribution is 2.58. The zero-order chi connectivity index (χ0) is 15.8. The van der Waals surface area contributed by atoms with Gasteiger partial charge in [-0.05, 0) is 29.7 Å². The summed E-state index contributed by atoms with van der Waals surface area (Å²) in [4.78, 5) is 34.1. The van der Waals surface area contributed by atoms with Gasteiger partial charge in [0.2, 0.25) is 11.8 Å². The zero-order valence-electron chi connectivity index (χ0n) is 12.1. The normalized spacial score (nSPS) is 22.2. The molecule has 0 heterocycles. The lowest BCUT2D eigenvalue weighted by atomic mass is 10.1. The van der Waals surface area contributed by atoms with Crippen molar-refractivity contribution >= 4 is 29.2 Å². The van der Waals surface area contributed by atoms with E-state index in [0.717, 1.165) is 0 Å². The Morgan fingerprint density at radius 2 is 1.48 bits per heavy atom. The lowest BCUT2D eigenvalue weighted by molar-refractivity contribution is -0.140. The average Bonchev–Trinajstić information content (AvgIpc) is 2.94. The second-order valence-electron chi connectivity index (χ2n) is 5.86. The molecule has 0 bridgehead atoms. The van der Waals surface area contributed by atoms with Crippen molar-refractivity contribution in [2.75, 3.05) is 10.6 Å². The molecule has 0 aliphatic heterocycles. The summed E-state index contributed by atoms with van der Waals surface area (Å²) in [5.41, 5.74) is 0.683. The van der Waals surface area contributed by atoms with Gasteiger partial charge in [-0.25, -0.2) is 0 Å². The van der Waals surface area contributed by atoms with Gasteiger partial charge < -0.3 is 15.7 Å². The second-order valence-corrected chi connectivity index (χ2v) is 5.86. The lowest BCUT2D eigenvalue weighted by Crippen LogP contribution is -2.17. The van der Waals surface area contributed by atoms with E-state index in [4.69, 9.17) is 5.11 Å². The summed E-state index contributed by atoms with van der Waals surface area (Å²) in [5, 5.41) is 14.4. The van der Waals surface area contributed by atoms with Gasteiger partial charge in [-0.1, -0.05) is 13.8 Å². The number of benzene rings is 1. The van der Waals surface area contributed by atoms with E-state index in [1.807, 2.05) is 0 Å². The number of carboxylic acids is 1. The highest BCUT2D eigenvalue weighted by atomic mass is 16.4. The molecule has 0 radical (unpaired) electrons. The van der Waals surface area contributed by atoms with Crippen LogP contribution in [0.1, 0.15) is 20.8 Å². The van der Waals surface area contributed by atoms with Gasteiger partial charge in [-0.3, -0.25) is 14.4 Å². The molecular weight excluding hydrogens is 272 g/mol. The van der Waals surface area contributed by atoms with Gasteiger partial charge in [0.25, 0.3) is 0 Å². The van der Waals surface area contributed by atoms with Gasteiger partial charge in [0.15, 0.2) is 0 Å². The molecule has 1 aliphatic carbocycles. The number of carbonyl (C=O) groups excluding carboxylic acids is 2. The van der Waals surface area contributed by atoms with Crippen molar-refractivity contribution in [1.82, 2.24) is 0 Å². The van der Waals surface area contributed by atoms with Gasteiger partial charge in [0.1, 0.15) is 0 Å². The van der Waals surface area contributed by atoms with Crippen molar-refractivity contribution in [3.8, 4) is 0 Å². The average molecular weight is 290 g/mol. The molecule has 0 aromatic heterocycles. The minimum atomic E-state index is -0.943. The van der Waals surface area contributed by atoms with Crippen LogP contribution in [0.3, 0.4) is 0 Å². The van der Waals surface area contributed by atoms with E-state index >= 15 is 0 Å². The Hall–Kier alpha value is -2.37. The van der Waals surface area contributed by atoms with Crippen LogP contribution >= 0.6 is 0 Å². The fraction of sp³-hybridized carbons (Fsp3) is 0.400. The number of hydrogen-bond acceptors (Lipinski definition) is 3. The summed E-state index contributed by atoms with van der Waals surface area (Å²) in [5.74, 6) is -2.57. The van der Waals surface area contributed by atoms with Crippen LogP contribution in [0.5, 0.6) is 0 Å². The van der Waals surface area contributed by atoms with Crippen LogP contribution in [0.15, 0.2) is 24.3 Å². The second kappa shape index (κ2) is 5.20. The smallest absolute Gasteiger partial charge is 0.307 e. The van der Waals surface area contributed by atoms with E-state index in [0.29, 0.717) is 11.4 Å². The molecule has 1 aromatic rings. The van der Waals surface area contributed by atoms with Crippen molar-refractivity contribution in [3.63, 3.8) is 0 Å². The van der Waals surface area contributed by atoms with Crippen LogP contribution in [0.4, 0.5) is 11.4 Å². The van der Waals surface area contributed by atoms with Gasteiger partial charge in [0.05, 0.1) is 11.8 Å². The van der Waals surface area contributed by atoms with Crippen molar-refractivity contribution in [2.24, 2.45) is 17.3 Å². The highest BCUT2D eigenvalue weighted by Gasteiger charge is 2.65. The van der Waals surface area contributed by atoms with Gasteiger partial charge >= 0.3 is 5.97 Å². The molecule has 2 amide bonds. The van der Waals surface area contributed by atoms with Crippen LogP contribution in [0.25, 0.3) is 0 Å². The Kier molecular flexibility index (Phi) is 3.72. The highest BCUT2D eigenvalue weighted by molar-refractivity contribution is 6.00. The molecule has 112 valence electrons. The quantitative estimate of drug-likeness (QED) is 0.789. The number of amides is 2. The number of carbonyl (C=O) groups is 3. The number of hydrogen-bond donors (Lipinski definition) is 3. The molecule has 6 heteroatoms. The first kappa shape index (κ1) is 15.0. The largest absolute Gasteiger partial charge is 0.481 e. The summed E-state index contributed by atoms with van der Waals surface area (Å²) in [6, 6.07) is 6.66. The molecule has 3 N–H and O–H groups in total. The number of nitrogens with one attached hydrogen (secondary N) is 2. The summed E-state index contributed by atoms with van der Waals surface area (Å²) < 4.78 is 0. The molecule has 2 unspecified atom stereocenters. The van der Waals surface area contributed by atoms with E-state index in [-0.39, 0.29) is 11.8 Å². The minimum absolute atomic E-state index is 0.171. The fourth-order valence-corrected chi connectivity index (χ4v) is 2.65. The molecule has 1 aromatic carbocycles. The number of aliphatic carboxylic acids is 1. The summed E-state index contributed by atoms with van der Waals surface area (Å²) in [6.07, 6.45) is 0. The third kappa shape index (κ3) is 3.04. The van der Waals surface area contributed by atoms with Crippen LogP contribution in [-0.2, 0) is 14.4 Å². The molecule has 2 atom stereocenters. The number of anilines is 2. The number of rotatable bonds is 4. The maximum Gasteiger partial charge on any atom is 0.307 e.